The number of rotatable bonds is 9. The van der Waals surface area contributed by atoms with Crippen LogP contribution < -0.4 is 20.1 Å². The average Bonchev–Trinajstić information content (AvgIpc) is 2.68. The van der Waals surface area contributed by atoms with Crippen LogP contribution in [0.5, 0.6) is 11.5 Å². The van der Waals surface area contributed by atoms with E-state index in [2.05, 4.69) is 27.8 Å². The first-order chi connectivity index (χ1) is 12.3. The number of para-hydroxylation sites is 1. The lowest BCUT2D eigenvalue weighted by molar-refractivity contribution is 0.322. The van der Waals surface area contributed by atoms with Crippen molar-refractivity contribution in [1.82, 2.24) is 10.6 Å². The number of aryl methyl sites for hydroxylation is 1. The predicted molar refractivity (Wildman–Crippen MR) is 103 cm³/mol. The summed E-state index contributed by atoms with van der Waals surface area (Å²) < 4.78 is 10.8. The topological polar surface area (TPSA) is 54.9 Å². The van der Waals surface area contributed by atoms with Crippen molar-refractivity contribution in [2.75, 3.05) is 33.9 Å². The predicted octanol–water partition coefficient (Wildman–Crippen LogP) is 2.87. The molecule has 2 N–H and O–H groups in total. The van der Waals surface area contributed by atoms with Crippen molar-refractivity contribution in [2.24, 2.45) is 4.99 Å². The van der Waals surface area contributed by atoms with E-state index >= 15 is 0 Å². The molecule has 0 aliphatic carbocycles. The number of ether oxygens (including phenoxy) is 2. The van der Waals surface area contributed by atoms with E-state index in [0.29, 0.717) is 13.2 Å². The molecule has 0 heterocycles. The summed E-state index contributed by atoms with van der Waals surface area (Å²) in [5, 5.41) is 6.57. The van der Waals surface area contributed by atoms with Gasteiger partial charge in [0.1, 0.15) is 18.1 Å². The van der Waals surface area contributed by atoms with Gasteiger partial charge in [0.25, 0.3) is 0 Å². The SMILES string of the molecule is CN=C(NCCCc1ccc(OC)cc1)NCCOc1ccccc1. The van der Waals surface area contributed by atoms with E-state index in [1.165, 1.54) is 5.56 Å². The molecular weight excluding hydrogens is 314 g/mol. The lowest BCUT2D eigenvalue weighted by Crippen LogP contribution is -2.39. The van der Waals surface area contributed by atoms with Crippen LogP contribution in [0.25, 0.3) is 0 Å². The minimum atomic E-state index is 0.594. The Balaban J connectivity index is 1.58. The third kappa shape index (κ3) is 7.16. The zero-order valence-electron chi connectivity index (χ0n) is 15.0. The van der Waals surface area contributed by atoms with Gasteiger partial charge in [-0.15, -0.1) is 0 Å². The van der Waals surface area contributed by atoms with Crippen LogP contribution in [0, 0.1) is 0 Å². The number of benzene rings is 2. The Morgan fingerprint density at radius 3 is 2.32 bits per heavy atom. The molecule has 25 heavy (non-hydrogen) atoms. The Kier molecular flexibility index (Phi) is 8.18. The van der Waals surface area contributed by atoms with Gasteiger partial charge in [0, 0.05) is 13.6 Å². The van der Waals surface area contributed by atoms with Crippen molar-refractivity contribution >= 4 is 5.96 Å². The average molecular weight is 341 g/mol. The number of nitrogens with one attached hydrogen (secondary N) is 2. The third-order valence-electron chi connectivity index (χ3n) is 3.72. The molecule has 2 aromatic carbocycles. The Morgan fingerprint density at radius 1 is 0.920 bits per heavy atom. The highest BCUT2D eigenvalue weighted by molar-refractivity contribution is 5.79. The second-order valence-electron chi connectivity index (χ2n) is 5.54. The fourth-order valence-corrected chi connectivity index (χ4v) is 2.37. The third-order valence-corrected chi connectivity index (χ3v) is 3.72. The van der Waals surface area contributed by atoms with E-state index in [1.807, 2.05) is 42.5 Å². The van der Waals surface area contributed by atoms with Gasteiger partial charge in [-0.05, 0) is 42.7 Å². The molecule has 0 aliphatic heterocycles. The summed E-state index contributed by atoms with van der Waals surface area (Å²) in [5.41, 5.74) is 1.31. The molecule has 2 aromatic rings. The summed E-state index contributed by atoms with van der Waals surface area (Å²) in [4.78, 5) is 4.22. The summed E-state index contributed by atoms with van der Waals surface area (Å²) in [5.74, 6) is 2.57. The van der Waals surface area contributed by atoms with Crippen LogP contribution >= 0.6 is 0 Å². The van der Waals surface area contributed by atoms with Crippen molar-refractivity contribution in [3.05, 3.63) is 60.2 Å². The molecule has 0 bridgehead atoms. The maximum absolute atomic E-state index is 5.65. The Morgan fingerprint density at radius 2 is 1.64 bits per heavy atom. The van der Waals surface area contributed by atoms with Gasteiger partial charge in [-0.25, -0.2) is 0 Å². The molecule has 0 amide bonds. The van der Waals surface area contributed by atoms with Gasteiger partial charge < -0.3 is 20.1 Å². The van der Waals surface area contributed by atoms with Gasteiger partial charge in [-0.1, -0.05) is 30.3 Å². The molecule has 2 rings (SSSR count). The number of aliphatic imine (C=N–C) groups is 1. The van der Waals surface area contributed by atoms with Crippen LogP contribution in [0.3, 0.4) is 0 Å². The molecule has 0 saturated carbocycles. The smallest absolute Gasteiger partial charge is 0.191 e. The van der Waals surface area contributed by atoms with Crippen molar-refractivity contribution in [2.45, 2.75) is 12.8 Å². The molecule has 0 unspecified atom stereocenters. The van der Waals surface area contributed by atoms with E-state index in [1.54, 1.807) is 14.2 Å². The van der Waals surface area contributed by atoms with E-state index in [9.17, 15) is 0 Å². The molecule has 0 fully saturated rings. The maximum Gasteiger partial charge on any atom is 0.191 e. The van der Waals surface area contributed by atoms with Crippen molar-refractivity contribution in [1.29, 1.82) is 0 Å². The Bertz CT molecular complexity index is 627. The van der Waals surface area contributed by atoms with Crippen LogP contribution in [-0.4, -0.2) is 39.8 Å². The molecule has 0 aromatic heterocycles. The number of nitrogens with zero attached hydrogens (tertiary/aromatic N) is 1. The van der Waals surface area contributed by atoms with E-state index in [-0.39, 0.29) is 0 Å². The van der Waals surface area contributed by atoms with Gasteiger partial charge in [-0.2, -0.15) is 0 Å². The number of hydrogen-bond donors (Lipinski definition) is 2. The molecule has 0 radical (unpaired) electrons. The lowest BCUT2D eigenvalue weighted by Gasteiger charge is -2.12. The van der Waals surface area contributed by atoms with Crippen LogP contribution in [-0.2, 0) is 6.42 Å². The number of methoxy groups -OCH3 is 1. The highest BCUT2D eigenvalue weighted by Gasteiger charge is 1.99. The zero-order valence-corrected chi connectivity index (χ0v) is 15.0. The highest BCUT2D eigenvalue weighted by atomic mass is 16.5. The number of hydrogen-bond acceptors (Lipinski definition) is 3. The molecule has 5 nitrogen and oxygen atoms in total. The highest BCUT2D eigenvalue weighted by Crippen LogP contribution is 2.12. The molecule has 0 spiro atoms. The second kappa shape index (κ2) is 11.0. The summed E-state index contributed by atoms with van der Waals surface area (Å²) in [6.07, 6.45) is 2.05. The number of guanidine groups is 1. The Labute approximate surface area is 150 Å². The summed E-state index contributed by atoms with van der Waals surface area (Å²) in [6, 6.07) is 18.0. The molecule has 0 aliphatic rings. The van der Waals surface area contributed by atoms with Gasteiger partial charge in [-0.3, -0.25) is 4.99 Å². The second-order valence-corrected chi connectivity index (χ2v) is 5.54. The summed E-state index contributed by atoms with van der Waals surface area (Å²) in [6.45, 7) is 2.16. The van der Waals surface area contributed by atoms with E-state index in [4.69, 9.17) is 9.47 Å². The largest absolute Gasteiger partial charge is 0.497 e. The Hall–Kier alpha value is -2.69. The maximum atomic E-state index is 5.65. The van der Waals surface area contributed by atoms with Gasteiger partial charge >= 0.3 is 0 Å². The quantitative estimate of drug-likeness (QED) is 0.418. The summed E-state index contributed by atoms with van der Waals surface area (Å²) >= 11 is 0. The monoisotopic (exact) mass is 341 g/mol. The van der Waals surface area contributed by atoms with E-state index < -0.39 is 0 Å². The van der Waals surface area contributed by atoms with Crippen molar-refractivity contribution < 1.29 is 9.47 Å². The molecule has 0 atom stereocenters. The van der Waals surface area contributed by atoms with Crippen LogP contribution in [0.4, 0.5) is 0 Å². The van der Waals surface area contributed by atoms with Crippen molar-refractivity contribution in [3.8, 4) is 11.5 Å². The normalized spacial score (nSPS) is 11.0. The first-order valence-corrected chi connectivity index (χ1v) is 8.57. The van der Waals surface area contributed by atoms with Gasteiger partial charge in [0.15, 0.2) is 5.96 Å². The van der Waals surface area contributed by atoms with Crippen LogP contribution in [0.2, 0.25) is 0 Å². The molecule has 5 heteroatoms. The summed E-state index contributed by atoms with van der Waals surface area (Å²) in [7, 11) is 3.46. The fourth-order valence-electron chi connectivity index (χ4n) is 2.37. The van der Waals surface area contributed by atoms with Gasteiger partial charge in [0.2, 0.25) is 0 Å². The minimum absolute atomic E-state index is 0.594. The zero-order chi connectivity index (χ0) is 17.7. The molecule has 0 saturated heterocycles. The van der Waals surface area contributed by atoms with E-state index in [0.717, 1.165) is 36.8 Å². The standard InChI is InChI=1S/C20H27N3O2/c1-21-20(23-15-16-25-19-8-4-3-5-9-19)22-14-6-7-17-10-12-18(24-2)13-11-17/h3-5,8-13H,6-7,14-16H2,1-2H3,(H2,21,22,23). The van der Waals surface area contributed by atoms with Crippen LogP contribution in [0.15, 0.2) is 59.6 Å². The minimum Gasteiger partial charge on any atom is -0.497 e. The van der Waals surface area contributed by atoms with Gasteiger partial charge in [0.05, 0.1) is 13.7 Å². The molecular formula is C20H27N3O2. The molecule has 134 valence electrons. The lowest BCUT2D eigenvalue weighted by atomic mass is 10.1. The van der Waals surface area contributed by atoms with Crippen molar-refractivity contribution in [3.63, 3.8) is 0 Å². The van der Waals surface area contributed by atoms with Crippen LogP contribution in [0.1, 0.15) is 12.0 Å². The first kappa shape index (κ1) is 18.6. The fraction of sp³-hybridized carbons (Fsp3) is 0.350. The first-order valence-electron chi connectivity index (χ1n) is 8.57.